The maximum Gasteiger partial charge on any atom is 0.344 e. The first-order valence-corrected chi connectivity index (χ1v) is 9.06. The summed E-state index contributed by atoms with van der Waals surface area (Å²) < 4.78 is 11.4. The summed E-state index contributed by atoms with van der Waals surface area (Å²) in [7, 11) is 0. The van der Waals surface area contributed by atoms with Gasteiger partial charge in [0.15, 0.2) is 6.61 Å². The van der Waals surface area contributed by atoms with Crippen molar-refractivity contribution in [1.82, 2.24) is 9.97 Å². The van der Waals surface area contributed by atoms with E-state index in [-0.39, 0.29) is 18.7 Å². The molecule has 0 unspecified atom stereocenters. The van der Waals surface area contributed by atoms with Crippen LogP contribution in [0.4, 0.5) is 0 Å². The van der Waals surface area contributed by atoms with Gasteiger partial charge in [-0.2, -0.15) is 0 Å². The molecule has 0 spiro atoms. The van der Waals surface area contributed by atoms with Crippen molar-refractivity contribution in [1.29, 1.82) is 0 Å². The molecule has 5 heteroatoms. The van der Waals surface area contributed by atoms with Gasteiger partial charge in [0.2, 0.25) is 5.88 Å². The Labute approximate surface area is 148 Å². The highest BCUT2D eigenvalue weighted by molar-refractivity contribution is 5.83. The highest BCUT2D eigenvalue weighted by atomic mass is 16.6. The minimum atomic E-state index is -0.326. The van der Waals surface area contributed by atoms with Crippen LogP contribution >= 0.6 is 0 Å². The maximum absolute atomic E-state index is 12.3. The lowest BCUT2D eigenvalue weighted by Crippen LogP contribution is -2.37. The number of hydrogen-bond donors (Lipinski definition) is 0. The van der Waals surface area contributed by atoms with Crippen LogP contribution in [0.1, 0.15) is 40.0 Å². The monoisotopic (exact) mass is 342 g/mol. The van der Waals surface area contributed by atoms with Crippen molar-refractivity contribution in [2.24, 2.45) is 17.8 Å². The molecule has 1 heterocycles. The van der Waals surface area contributed by atoms with Crippen LogP contribution in [0.15, 0.2) is 30.6 Å². The number of para-hydroxylation sites is 1. The number of aromatic nitrogens is 2. The van der Waals surface area contributed by atoms with Crippen molar-refractivity contribution < 1.29 is 14.3 Å². The molecule has 1 fully saturated rings. The highest BCUT2D eigenvalue weighted by Crippen LogP contribution is 2.35. The van der Waals surface area contributed by atoms with Gasteiger partial charge in [-0.1, -0.05) is 39.3 Å². The van der Waals surface area contributed by atoms with Crippen molar-refractivity contribution in [2.45, 2.75) is 46.1 Å². The first-order chi connectivity index (χ1) is 12.0. The lowest BCUT2D eigenvalue weighted by atomic mass is 9.75. The van der Waals surface area contributed by atoms with Crippen molar-refractivity contribution in [3.05, 3.63) is 30.6 Å². The zero-order valence-corrected chi connectivity index (χ0v) is 15.1. The Morgan fingerprint density at radius 2 is 2.04 bits per heavy atom. The molecule has 1 aliphatic carbocycles. The Balaban J connectivity index is 1.62. The quantitative estimate of drug-likeness (QED) is 0.768. The lowest BCUT2D eigenvalue weighted by molar-refractivity contribution is -0.158. The molecule has 1 saturated carbocycles. The van der Waals surface area contributed by atoms with Crippen LogP contribution in [0.2, 0.25) is 0 Å². The van der Waals surface area contributed by atoms with E-state index in [1.807, 2.05) is 24.3 Å². The molecule has 3 atom stereocenters. The summed E-state index contributed by atoms with van der Waals surface area (Å²) in [4.78, 5) is 20.6. The molecule has 0 aliphatic heterocycles. The highest BCUT2D eigenvalue weighted by Gasteiger charge is 2.33. The minimum absolute atomic E-state index is 0.0120. The maximum atomic E-state index is 12.3. The van der Waals surface area contributed by atoms with Gasteiger partial charge in [0, 0.05) is 0 Å². The molecule has 25 heavy (non-hydrogen) atoms. The Bertz CT molecular complexity index is 726. The van der Waals surface area contributed by atoms with E-state index in [1.165, 1.54) is 12.7 Å². The molecular formula is C20H26N2O3. The van der Waals surface area contributed by atoms with Gasteiger partial charge in [0.05, 0.1) is 10.9 Å². The zero-order chi connectivity index (χ0) is 17.8. The van der Waals surface area contributed by atoms with Crippen LogP contribution in [0.5, 0.6) is 5.88 Å². The van der Waals surface area contributed by atoms with Crippen LogP contribution < -0.4 is 4.74 Å². The van der Waals surface area contributed by atoms with Crippen LogP contribution in [-0.4, -0.2) is 28.6 Å². The number of carbonyl (C=O) groups excluding carboxylic acids is 1. The predicted molar refractivity (Wildman–Crippen MR) is 96.3 cm³/mol. The van der Waals surface area contributed by atoms with Crippen LogP contribution in [0, 0.1) is 17.8 Å². The number of rotatable bonds is 5. The molecule has 1 aliphatic rings. The Morgan fingerprint density at radius 3 is 2.84 bits per heavy atom. The summed E-state index contributed by atoms with van der Waals surface area (Å²) in [6.07, 6.45) is 4.70. The second-order valence-corrected chi connectivity index (χ2v) is 7.34. The molecule has 3 rings (SSSR count). The van der Waals surface area contributed by atoms with Gasteiger partial charge in [-0.05, 0) is 42.7 Å². The van der Waals surface area contributed by atoms with Gasteiger partial charge in [0.25, 0.3) is 0 Å². The molecule has 1 aromatic carbocycles. The summed E-state index contributed by atoms with van der Waals surface area (Å²) in [5.41, 5.74) is 0.793. The van der Waals surface area contributed by atoms with Crippen molar-refractivity contribution in [3.63, 3.8) is 0 Å². The predicted octanol–water partition coefficient (Wildman–Crippen LogP) is 4.01. The summed E-state index contributed by atoms with van der Waals surface area (Å²) >= 11 is 0. The zero-order valence-electron chi connectivity index (χ0n) is 15.1. The fourth-order valence-corrected chi connectivity index (χ4v) is 3.68. The normalized spacial score (nSPS) is 23.6. The van der Waals surface area contributed by atoms with E-state index in [1.54, 1.807) is 0 Å². The van der Waals surface area contributed by atoms with Gasteiger partial charge in [-0.25, -0.2) is 14.8 Å². The van der Waals surface area contributed by atoms with Crippen LogP contribution in [-0.2, 0) is 9.53 Å². The Kier molecular flexibility index (Phi) is 5.51. The number of esters is 1. The largest absolute Gasteiger partial charge is 0.465 e. The average Bonchev–Trinajstić information content (AvgIpc) is 2.59. The van der Waals surface area contributed by atoms with Crippen molar-refractivity contribution in [2.75, 3.05) is 6.61 Å². The van der Waals surface area contributed by atoms with Gasteiger partial charge in [0.1, 0.15) is 12.4 Å². The smallest absolute Gasteiger partial charge is 0.344 e. The molecule has 5 nitrogen and oxygen atoms in total. The molecule has 2 aromatic rings. The first kappa shape index (κ1) is 17.6. The van der Waals surface area contributed by atoms with E-state index in [4.69, 9.17) is 9.47 Å². The molecule has 134 valence electrons. The number of ether oxygens (including phenoxy) is 2. The van der Waals surface area contributed by atoms with E-state index in [0.29, 0.717) is 23.6 Å². The number of nitrogens with zero attached hydrogens (tertiary/aromatic N) is 2. The molecule has 0 N–H and O–H groups in total. The summed E-state index contributed by atoms with van der Waals surface area (Å²) in [6, 6.07) is 7.57. The molecule has 0 radical (unpaired) electrons. The number of carbonyl (C=O) groups is 1. The SMILES string of the molecule is CC(C)[C@H]1CC[C@H](C)C[C@H]1OC(=O)COc1ncnc2ccccc12. The first-order valence-electron chi connectivity index (χ1n) is 9.06. The summed E-state index contributed by atoms with van der Waals surface area (Å²) in [6.45, 7) is 6.49. The van der Waals surface area contributed by atoms with E-state index < -0.39 is 0 Å². The van der Waals surface area contributed by atoms with Crippen LogP contribution in [0.3, 0.4) is 0 Å². The molecule has 0 bridgehead atoms. The molecular weight excluding hydrogens is 316 g/mol. The standard InChI is InChI=1S/C20H26N2O3/c1-13(2)15-9-8-14(3)10-18(15)25-19(23)11-24-20-16-6-4-5-7-17(16)21-12-22-20/h4-7,12-15,18H,8-11H2,1-3H3/t14-,15+,18+/m0/s1. The van der Waals surface area contributed by atoms with Gasteiger partial charge in [-0.15, -0.1) is 0 Å². The Hall–Kier alpha value is -2.17. The van der Waals surface area contributed by atoms with Crippen LogP contribution in [0.25, 0.3) is 10.9 Å². The minimum Gasteiger partial charge on any atom is -0.465 e. The van der Waals surface area contributed by atoms with E-state index in [2.05, 4.69) is 30.7 Å². The Morgan fingerprint density at radius 1 is 1.24 bits per heavy atom. The van der Waals surface area contributed by atoms with E-state index >= 15 is 0 Å². The topological polar surface area (TPSA) is 61.3 Å². The third-order valence-electron chi connectivity index (χ3n) is 5.08. The van der Waals surface area contributed by atoms with Crippen molar-refractivity contribution >= 4 is 16.9 Å². The number of hydrogen-bond acceptors (Lipinski definition) is 5. The number of benzene rings is 1. The molecule has 0 amide bonds. The second kappa shape index (κ2) is 7.81. The molecule has 0 saturated heterocycles. The third-order valence-corrected chi connectivity index (χ3v) is 5.08. The van der Waals surface area contributed by atoms with Gasteiger partial charge >= 0.3 is 5.97 Å². The fourth-order valence-electron chi connectivity index (χ4n) is 3.68. The summed E-state index contributed by atoms with van der Waals surface area (Å²) in [5.74, 6) is 1.63. The van der Waals surface area contributed by atoms with E-state index in [0.717, 1.165) is 23.7 Å². The van der Waals surface area contributed by atoms with Crippen molar-refractivity contribution in [3.8, 4) is 5.88 Å². The number of fused-ring (bicyclic) bond motifs is 1. The lowest BCUT2D eigenvalue weighted by Gasteiger charge is -2.36. The van der Waals surface area contributed by atoms with Gasteiger partial charge in [-0.3, -0.25) is 0 Å². The fraction of sp³-hybridized carbons (Fsp3) is 0.550. The van der Waals surface area contributed by atoms with Gasteiger partial charge < -0.3 is 9.47 Å². The second-order valence-electron chi connectivity index (χ2n) is 7.34. The summed E-state index contributed by atoms with van der Waals surface area (Å²) in [5, 5.41) is 0.796. The third kappa shape index (κ3) is 4.27. The molecule has 1 aromatic heterocycles. The average molecular weight is 342 g/mol. The van der Waals surface area contributed by atoms with E-state index in [9.17, 15) is 4.79 Å².